The summed E-state index contributed by atoms with van der Waals surface area (Å²) in [5.41, 5.74) is 2.61. The molecule has 0 aliphatic heterocycles. The SMILES string of the molecule is O=c1[nH]c(-c2ccccc2)nc2scc(-c3ccc(Cl)cc3)c12. The van der Waals surface area contributed by atoms with Gasteiger partial charge in [-0.3, -0.25) is 4.79 Å². The van der Waals surface area contributed by atoms with Crippen LogP contribution in [0, 0.1) is 0 Å². The van der Waals surface area contributed by atoms with Crippen molar-refractivity contribution < 1.29 is 0 Å². The van der Waals surface area contributed by atoms with Crippen LogP contribution in [0.5, 0.6) is 0 Å². The molecule has 0 saturated carbocycles. The number of benzene rings is 2. The summed E-state index contributed by atoms with van der Waals surface area (Å²) in [6.45, 7) is 0. The average Bonchev–Trinajstić information content (AvgIpc) is 3.01. The van der Waals surface area contributed by atoms with Crippen LogP contribution < -0.4 is 5.56 Å². The molecule has 0 saturated heterocycles. The molecule has 112 valence electrons. The third kappa shape index (κ3) is 2.56. The fourth-order valence-electron chi connectivity index (χ4n) is 2.52. The molecule has 3 nitrogen and oxygen atoms in total. The Hall–Kier alpha value is -2.43. The predicted molar refractivity (Wildman–Crippen MR) is 96.1 cm³/mol. The molecule has 4 aromatic rings. The third-order valence-electron chi connectivity index (χ3n) is 3.65. The molecule has 0 radical (unpaired) electrons. The molecule has 0 amide bonds. The second kappa shape index (κ2) is 5.65. The third-order valence-corrected chi connectivity index (χ3v) is 4.77. The van der Waals surface area contributed by atoms with Crippen LogP contribution in [-0.2, 0) is 0 Å². The van der Waals surface area contributed by atoms with E-state index >= 15 is 0 Å². The molecule has 0 spiro atoms. The van der Waals surface area contributed by atoms with Crippen molar-refractivity contribution in [2.45, 2.75) is 0 Å². The van der Waals surface area contributed by atoms with E-state index in [0.717, 1.165) is 21.5 Å². The first-order valence-corrected chi connectivity index (χ1v) is 8.31. The monoisotopic (exact) mass is 338 g/mol. The van der Waals surface area contributed by atoms with E-state index in [-0.39, 0.29) is 5.56 Å². The fourth-order valence-corrected chi connectivity index (χ4v) is 3.60. The minimum absolute atomic E-state index is 0.125. The number of thiophene rings is 1. The van der Waals surface area contributed by atoms with E-state index in [9.17, 15) is 4.79 Å². The van der Waals surface area contributed by atoms with Crippen LogP contribution in [-0.4, -0.2) is 9.97 Å². The van der Waals surface area contributed by atoms with E-state index in [1.54, 1.807) is 0 Å². The number of nitrogens with one attached hydrogen (secondary N) is 1. The van der Waals surface area contributed by atoms with Gasteiger partial charge in [-0.25, -0.2) is 4.98 Å². The zero-order chi connectivity index (χ0) is 15.8. The lowest BCUT2D eigenvalue weighted by Crippen LogP contribution is -2.08. The molecule has 5 heteroatoms. The Morgan fingerprint density at radius 3 is 2.43 bits per heavy atom. The lowest BCUT2D eigenvalue weighted by Gasteiger charge is -2.02. The molecule has 2 heterocycles. The Balaban J connectivity index is 1.91. The molecule has 2 aromatic heterocycles. The molecule has 0 atom stereocenters. The maximum Gasteiger partial charge on any atom is 0.260 e. The minimum atomic E-state index is -0.125. The van der Waals surface area contributed by atoms with Crippen molar-refractivity contribution in [1.82, 2.24) is 9.97 Å². The summed E-state index contributed by atoms with van der Waals surface area (Å²) >= 11 is 7.41. The van der Waals surface area contributed by atoms with Crippen LogP contribution in [0.4, 0.5) is 0 Å². The first-order chi connectivity index (χ1) is 11.2. The van der Waals surface area contributed by atoms with Crippen LogP contribution in [0.1, 0.15) is 0 Å². The normalized spacial score (nSPS) is 11.0. The Bertz CT molecular complexity index is 1040. The zero-order valence-electron chi connectivity index (χ0n) is 11.9. The first kappa shape index (κ1) is 14.2. The Morgan fingerprint density at radius 2 is 1.70 bits per heavy atom. The van der Waals surface area contributed by atoms with Gasteiger partial charge in [-0.05, 0) is 17.7 Å². The maximum absolute atomic E-state index is 12.6. The minimum Gasteiger partial charge on any atom is -0.306 e. The van der Waals surface area contributed by atoms with Crippen LogP contribution in [0.3, 0.4) is 0 Å². The van der Waals surface area contributed by atoms with Gasteiger partial charge in [0, 0.05) is 21.5 Å². The Morgan fingerprint density at radius 1 is 0.957 bits per heavy atom. The van der Waals surface area contributed by atoms with Crippen LogP contribution in [0.15, 0.2) is 64.8 Å². The molecule has 0 aliphatic carbocycles. The molecule has 0 unspecified atom stereocenters. The lowest BCUT2D eigenvalue weighted by atomic mass is 10.1. The summed E-state index contributed by atoms with van der Waals surface area (Å²) in [6.07, 6.45) is 0. The van der Waals surface area contributed by atoms with Gasteiger partial charge in [-0.15, -0.1) is 11.3 Å². The fraction of sp³-hybridized carbons (Fsp3) is 0. The van der Waals surface area contributed by atoms with E-state index in [0.29, 0.717) is 16.2 Å². The Labute approximate surface area is 141 Å². The van der Waals surface area contributed by atoms with Gasteiger partial charge < -0.3 is 4.98 Å². The number of aromatic amines is 1. The van der Waals surface area contributed by atoms with Crippen molar-refractivity contribution in [3.63, 3.8) is 0 Å². The number of rotatable bonds is 2. The van der Waals surface area contributed by atoms with E-state index in [4.69, 9.17) is 11.6 Å². The highest BCUT2D eigenvalue weighted by atomic mass is 35.5. The number of fused-ring (bicyclic) bond motifs is 1. The molecule has 2 aromatic carbocycles. The summed E-state index contributed by atoms with van der Waals surface area (Å²) in [6, 6.07) is 17.1. The summed E-state index contributed by atoms with van der Waals surface area (Å²) in [4.78, 5) is 20.8. The Kier molecular flexibility index (Phi) is 3.48. The lowest BCUT2D eigenvalue weighted by molar-refractivity contribution is 1.19. The quantitative estimate of drug-likeness (QED) is 0.560. The van der Waals surface area contributed by atoms with E-state index in [2.05, 4.69) is 9.97 Å². The molecule has 1 N–H and O–H groups in total. The second-order valence-electron chi connectivity index (χ2n) is 5.12. The molecule has 0 aliphatic rings. The van der Waals surface area contributed by atoms with Gasteiger partial charge in [-0.1, -0.05) is 54.1 Å². The highest BCUT2D eigenvalue weighted by Gasteiger charge is 2.13. The number of halogens is 1. The van der Waals surface area contributed by atoms with Gasteiger partial charge in [0.2, 0.25) is 0 Å². The smallest absolute Gasteiger partial charge is 0.260 e. The van der Waals surface area contributed by atoms with Crippen molar-refractivity contribution in [3.8, 4) is 22.5 Å². The van der Waals surface area contributed by atoms with Gasteiger partial charge in [0.05, 0.1) is 5.39 Å². The average molecular weight is 339 g/mol. The summed E-state index contributed by atoms with van der Waals surface area (Å²) in [7, 11) is 0. The van der Waals surface area contributed by atoms with Crippen molar-refractivity contribution in [2.75, 3.05) is 0 Å². The summed E-state index contributed by atoms with van der Waals surface area (Å²) < 4.78 is 0. The van der Waals surface area contributed by atoms with Gasteiger partial charge in [0.15, 0.2) is 0 Å². The van der Waals surface area contributed by atoms with E-state index < -0.39 is 0 Å². The van der Waals surface area contributed by atoms with Crippen molar-refractivity contribution >= 4 is 33.2 Å². The molecular formula is C18H11ClN2OS. The second-order valence-corrected chi connectivity index (χ2v) is 6.41. The van der Waals surface area contributed by atoms with Crippen molar-refractivity contribution in [3.05, 3.63) is 75.4 Å². The van der Waals surface area contributed by atoms with Crippen LogP contribution in [0.25, 0.3) is 32.7 Å². The van der Waals surface area contributed by atoms with E-state index in [1.807, 2.05) is 60.0 Å². The van der Waals surface area contributed by atoms with Gasteiger partial charge in [0.1, 0.15) is 10.7 Å². The molecule has 0 fully saturated rings. The highest BCUT2D eigenvalue weighted by molar-refractivity contribution is 7.17. The number of hydrogen-bond acceptors (Lipinski definition) is 3. The highest BCUT2D eigenvalue weighted by Crippen LogP contribution is 2.32. The van der Waals surface area contributed by atoms with Crippen LogP contribution >= 0.6 is 22.9 Å². The molecule has 4 rings (SSSR count). The van der Waals surface area contributed by atoms with Gasteiger partial charge >= 0.3 is 0 Å². The maximum atomic E-state index is 12.6. The topological polar surface area (TPSA) is 45.8 Å². The van der Waals surface area contributed by atoms with Crippen molar-refractivity contribution in [1.29, 1.82) is 0 Å². The summed E-state index contributed by atoms with van der Waals surface area (Å²) in [5.74, 6) is 0.590. The van der Waals surface area contributed by atoms with Gasteiger partial charge in [0.25, 0.3) is 5.56 Å². The van der Waals surface area contributed by atoms with Crippen molar-refractivity contribution in [2.24, 2.45) is 0 Å². The van der Waals surface area contributed by atoms with Crippen LogP contribution in [0.2, 0.25) is 5.02 Å². The first-order valence-electron chi connectivity index (χ1n) is 7.05. The number of hydrogen-bond donors (Lipinski definition) is 1. The van der Waals surface area contributed by atoms with E-state index in [1.165, 1.54) is 11.3 Å². The molecule has 23 heavy (non-hydrogen) atoms. The zero-order valence-corrected chi connectivity index (χ0v) is 13.5. The molecule has 0 bridgehead atoms. The number of H-pyrrole nitrogens is 1. The largest absolute Gasteiger partial charge is 0.306 e. The number of aromatic nitrogens is 2. The van der Waals surface area contributed by atoms with Gasteiger partial charge in [-0.2, -0.15) is 0 Å². The predicted octanol–water partition coefficient (Wildman–Crippen LogP) is 4.97. The molecular weight excluding hydrogens is 328 g/mol. The summed E-state index contributed by atoms with van der Waals surface area (Å²) in [5, 5.41) is 3.26. The number of nitrogens with zero attached hydrogens (tertiary/aromatic N) is 1. The standard InChI is InChI=1S/C18H11ClN2OS/c19-13-8-6-11(7-9-13)14-10-23-18-15(14)17(22)20-16(21-18)12-4-2-1-3-5-12/h1-10H,(H,20,21,22).